The highest BCUT2D eigenvalue weighted by Crippen LogP contribution is 2.28. The number of nitrogen functional groups attached to an aromatic ring is 1. The molecule has 2 N–H and O–H groups in total. The fraction of sp³-hybridized carbons (Fsp3) is 0. The zero-order valence-electron chi connectivity index (χ0n) is 5.44. The Bertz CT molecular complexity index is 328. The van der Waals surface area contributed by atoms with E-state index in [-0.39, 0.29) is 10.6 Å². The third-order valence-electron chi connectivity index (χ3n) is 1.23. The molecule has 1 aromatic rings. The van der Waals surface area contributed by atoms with Gasteiger partial charge in [-0.2, -0.15) is 5.26 Å². The topological polar surface area (TPSA) is 49.8 Å². The number of rotatable bonds is 0. The summed E-state index contributed by atoms with van der Waals surface area (Å²) in [6.07, 6.45) is 0. The molecule has 1 aromatic carbocycles. The van der Waals surface area contributed by atoms with Crippen molar-refractivity contribution in [2.24, 2.45) is 0 Å². The van der Waals surface area contributed by atoms with Crippen LogP contribution in [0.25, 0.3) is 0 Å². The molecule has 0 spiro atoms. The Balaban J connectivity index is 3.44. The SMILES string of the molecule is N#Cc1c(Cl)ccc(N)c1Cl. The number of benzene rings is 1. The lowest BCUT2D eigenvalue weighted by Gasteiger charge is -2.00. The molecule has 4 heteroatoms. The first-order valence-corrected chi connectivity index (χ1v) is 3.56. The van der Waals surface area contributed by atoms with Crippen molar-refractivity contribution < 1.29 is 0 Å². The number of nitrogens with zero attached hydrogens (tertiary/aromatic N) is 1. The predicted octanol–water partition coefficient (Wildman–Crippen LogP) is 2.45. The van der Waals surface area contributed by atoms with E-state index in [1.807, 2.05) is 6.07 Å². The van der Waals surface area contributed by atoms with Crippen LogP contribution in [0.2, 0.25) is 10.0 Å². The highest BCUT2D eigenvalue weighted by atomic mass is 35.5. The van der Waals surface area contributed by atoms with Crippen molar-refractivity contribution >= 4 is 28.9 Å². The first-order valence-electron chi connectivity index (χ1n) is 2.80. The standard InChI is InChI=1S/C7H4Cl2N2/c8-5-1-2-6(11)7(9)4(5)3-10/h1-2H,11H2. The molecule has 0 aliphatic heterocycles. The van der Waals surface area contributed by atoms with Crippen LogP contribution in [0.4, 0.5) is 5.69 Å². The van der Waals surface area contributed by atoms with Gasteiger partial charge in [-0.05, 0) is 12.1 Å². The Morgan fingerprint density at radius 3 is 2.45 bits per heavy atom. The second kappa shape index (κ2) is 3.00. The zero-order valence-corrected chi connectivity index (χ0v) is 6.95. The third kappa shape index (κ3) is 1.40. The van der Waals surface area contributed by atoms with E-state index in [0.29, 0.717) is 10.7 Å². The summed E-state index contributed by atoms with van der Waals surface area (Å²) in [7, 11) is 0. The van der Waals surface area contributed by atoms with E-state index < -0.39 is 0 Å². The van der Waals surface area contributed by atoms with Crippen molar-refractivity contribution in [2.75, 3.05) is 5.73 Å². The molecule has 0 aromatic heterocycles. The average Bonchev–Trinajstić information content (AvgIpc) is 1.99. The number of anilines is 1. The van der Waals surface area contributed by atoms with Crippen molar-refractivity contribution in [1.82, 2.24) is 0 Å². The molecule has 2 nitrogen and oxygen atoms in total. The van der Waals surface area contributed by atoms with Crippen LogP contribution in [0.5, 0.6) is 0 Å². The van der Waals surface area contributed by atoms with E-state index >= 15 is 0 Å². The van der Waals surface area contributed by atoms with Crippen LogP contribution in [-0.2, 0) is 0 Å². The van der Waals surface area contributed by atoms with Crippen LogP contribution in [0.15, 0.2) is 12.1 Å². The molecule has 56 valence electrons. The normalized spacial score (nSPS) is 9.18. The first-order chi connectivity index (χ1) is 5.16. The van der Waals surface area contributed by atoms with Gasteiger partial charge < -0.3 is 5.73 Å². The van der Waals surface area contributed by atoms with Gasteiger partial charge in [0.1, 0.15) is 6.07 Å². The smallest absolute Gasteiger partial charge is 0.102 e. The molecule has 0 saturated heterocycles. The van der Waals surface area contributed by atoms with Gasteiger partial charge in [0.25, 0.3) is 0 Å². The summed E-state index contributed by atoms with van der Waals surface area (Å²) < 4.78 is 0. The van der Waals surface area contributed by atoms with Crippen molar-refractivity contribution in [1.29, 1.82) is 5.26 Å². The minimum absolute atomic E-state index is 0.222. The van der Waals surface area contributed by atoms with Gasteiger partial charge in [-0.1, -0.05) is 23.2 Å². The van der Waals surface area contributed by atoms with Gasteiger partial charge in [0.15, 0.2) is 0 Å². The summed E-state index contributed by atoms with van der Waals surface area (Å²) in [4.78, 5) is 0. The van der Waals surface area contributed by atoms with Gasteiger partial charge in [-0.3, -0.25) is 0 Å². The average molecular weight is 187 g/mol. The van der Waals surface area contributed by atoms with Gasteiger partial charge in [0, 0.05) is 0 Å². The number of nitriles is 1. The molecule has 0 aliphatic carbocycles. The Morgan fingerprint density at radius 2 is 2.00 bits per heavy atom. The fourth-order valence-corrected chi connectivity index (χ4v) is 1.13. The number of hydrogen-bond acceptors (Lipinski definition) is 2. The highest BCUT2D eigenvalue weighted by molar-refractivity contribution is 6.38. The monoisotopic (exact) mass is 186 g/mol. The number of halogens is 2. The molecule has 0 saturated carbocycles. The van der Waals surface area contributed by atoms with Gasteiger partial charge >= 0.3 is 0 Å². The Hall–Kier alpha value is -0.910. The van der Waals surface area contributed by atoms with Gasteiger partial charge in [0.2, 0.25) is 0 Å². The van der Waals surface area contributed by atoms with E-state index in [9.17, 15) is 0 Å². The van der Waals surface area contributed by atoms with Crippen LogP contribution in [-0.4, -0.2) is 0 Å². The molecule has 0 amide bonds. The minimum atomic E-state index is 0.222. The lowest BCUT2D eigenvalue weighted by atomic mass is 10.2. The minimum Gasteiger partial charge on any atom is -0.397 e. The Morgan fingerprint density at radius 1 is 1.36 bits per heavy atom. The van der Waals surface area contributed by atoms with Crippen molar-refractivity contribution in [3.63, 3.8) is 0 Å². The van der Waals surface area contributed by atoms with E-state index in [1.54, 1.807) is 12.1 Å². The van der Waals surface area contributed by atoms with Crippen molar-refractivity contribution in [3.05, 3.63) is 27.7 Å². The summed E-state index contributed by atoms with van der Waals surface area (Å²) in [5.74, 6) is 0. The van der Waals surface area contributed by atoms with Gasteiger partial charge in [-0.15, -0.1) is 0 Å². The second-order valence-corrected chi connectivity index (χ2v) is 2.72. The fourth-order valence-electron chi connectivity index (χ4n) is 0.671. The lowest BCUT2D eigenvalue weighted by Crippen LogP contribution is -1.89. The van der Waals surface area contributed by atoms with E-state index in [4.69, 9.17) is 34.2 Å². The van der Waals surface area contributed by atoms with Crippen molar-refractivity contribution in [3.8, 4) is 6.07 Å². The van der Waals surface area contributed by atoms with E-state index in [1.165, 1.54) is 0 Å². The summed E-state index contributed by atoms with van der Waals surface area (Å²) in [5, 5.41) is 9.10. The van der Waals surface area contributed by atoms with E-state index in [2.05, 4.69) is 0 Å². The Kier molecular flexibility index (Phi) is 2.23. The molecule has 11 heavy (non-hydrogen) atoms. The maximum absolute atomic E-state index is 8.55. The second-order valence-electron chi connectivity index (χ2n) is 1.94. The first kappa shape index (κ1) is 8.19. The maximum atomic E-state index is 8.55. The van der Waals surface area contributed by atoms with Crippen molar-refractivity contribution in [2.45, 2.75) is 0 Å². The molecule has 1 rings (SSSR count). The van der Waals surface area contributed by atoms with Crippen LogP contribution in [0.3, 0.4) is 0 Å². The zero-order chi connectivity index (χ0) is 8.43. The maximum Gasteiger partial charge on any atom is 0.102 e. The Labute approximate surface area is 74.1 Å². The highest BCUT2D eigenvalue weighted by Gasteiger charge is 2.06. The molecule has 0 radical (unpaired) electrons. The lowest BCUT2D eigenvalue weighted by molar-refractivity contribution is 1.48. The van der Waals surface area contributed by atoms with Gasteiger partial charge in [0.05, 0.1) is 21.3 Å². The molecule has 0 heterocycles. The quantitative estimate of drug-likeness (QED) is 0.634. The molecule has 0 fully saturated rings. The van der Waals surface area contributed by atoms with Crippen LogP contribution in [0.1, 0.15) is 5.56 Å². The summed E-state index contributed by atoms with van der Waals surface area (Å²) >= 11 is 11.3. The number of nitrogens with two attached hydrogens (primary N) is 1. The molecule has 0 bridgehead atoms. The van der Waals surface area contributed by atoms with Crippen LogP contribution >= 0.6 is 23.2 Å². The molecular formula is C7H4Cl2N2. The summed E-state index contributed by atoms with van der Waals surface area (Å²) in [6, 6.07) is 4.96. The largest absolute Gasteiger partial charge is 0.397 e. The van der Waals surface area contributed by atoms with Crippen LogP contribution < -0.4 is 5.73 Å². The molecule has 0 aliphatic rings. The number of hydrogen-bond donors (Lipinski definition) is 1. The summed E-state index contributed by atoms with van der Waals surface area (Å²) in [6.45, 7) is 0. The molecule has 0 unspecified atom stereocenters. The molecule has 0 atom stereocenters. The summed E-state index contributed by atoms with van der Waals surface area (Å²) in [5.41, 5.74) is 6.02. The predicted molar refractivity (Wildman–Crippen MR) is 45.6 cm³/mol. The van der Waals surface area contributed by atoms with Gasteiger partial charge in [-0.25, -0.2) is 0 Å². The van der Waals surface area contributed by atoms with E-state index in [0.717, 1.165) is 0 Å². The third-order valence-corrected chi connectivity index (χ3v) is 1.95. The molecular weight excluding hydrogens is 183 g/mol. The van der Waals surface area contributed by atoms with Crippen LogP contribution in [0, 0.1) is 11.3 Å².